The Kier molecular flexibility index (Phi) is 7.17. The number of thioether (sulfide) groups is 1. The molecule has 0 heterocycles. The van der Waals surface area contributed by atoms with Crippen LogP contribution in [0, 0.1) is 34.5 Å². The fraction of sp³-hybridized carbons (Fsp3) is 0.880. The molecular weight excluding hydrogens is 444 g/mol. The average Bonchev–Trinajstić information content (AvgIpc) is 3.04. The van der Waals surface area contributed by atoms with Gasteiger partial charge in [0, 0.05) is 24.1 Å². The Hall–Kier alpha value is -0.820. The van der Waals surface area contributed by atoms with E-state index < -0.39 is 0 Å². The minimum atomic E-state index is -0.322. The lowest BCUT2D eigenvalue weighted by Crippen LogP contribution is -2.54. The van der Waals surface area contributed by atoms with Crippen molar-refractivity contribution in [1.29, 1.82) is 0 Å². The molecule has 0 N–H and O–H groups in total. The molecule has 7 heteroatoms. The van der Waals surface area contributed by atoms with Crippen LogP contribution in [0.4, 0.5) is 4.79 Å². The van der Waals surface area contributed by atoms with E-state index in [4.69, 9.17) is 26.4 Å². The molecule has 0 bridgehead atoms. The first-order valence-electron chi connectivity index (χ1n) is 12.4. The van der Waals surface area contributed by atoms with E-state index in [1.807, 2.05) is 6.92 Å². The lowest BCUT2D eigenvalue weighted by atomic mass is 9.45. The molecule has 0 aromatic carbocycles. The van der Waals surface area contributed by atoms with Gasteiger partial charge in [0.15, 0.2) is 0 Å². The minimum Gasteiger partial charge on any atom is -0.478 e. The molecule has 180 valence electrons. The van der Waals surface area contributed by atoms with Crippen molar-refractivity contribution in [3.05, 3.63) is 0 Å². The van der Waals surface area contributed by atoms with Crippen LogP contribution in [-0.4, -0.2) is 34.5 Å². The normalized spacial score (nSPS) is 42.8. The fourth-order valence-corrected chi connectivity index (χ4v) is 8.86. The first-order chi connectivity index (χ1) is 15.2. The summed E-state index contributed by atoms with van der Waals surface area (Å²) in [5.41, 5.74) is 0.401. The number of esters is 1. The monoisotopic (exact) mass is 482 g/mol. The van der Waals surface area contributed by atoms with E-state index in [1.165, 1.54) is 26.2 Å². The van der Waals surface area contributed by atoms with Crippen molar-refractivity contribution in [2.24, 2.45) is 34.5 Å². The average molecular weight is 483 g/mol. The van der Waals surface area contributed by atoms with E-state index in [0.717, 1.165) is 56.2 Å². The number of hydrogen-bond donors (Lipinski definition) is 0. The van der Waals surface area contributed by atoms with Crippen LogP contribution in [0.15, 0.2) is 0 Å². The highest BCUT2D eigenvalue weighted by Crippen LogP contribution is 2.66. The summed E-state index contributed by atoms with van der Waals surface area (Å²) in [5.74, 6) is 2.56. The molecule has 32 heavy (non-hydrogen) atoms. The van der Waals surface area contributed by atoms with Gasteiger partial charge in [0.1, 0.15) is 12.2 Å². The smallest absolute Gasteiger partial charge is 0.376 e. The van der Waals surface area contributed by atoms with Gasteiger partial charge >= 0.3 is 11.3 Å². The quantitative estimate of drug-likeness (QED) is 0.335. The van der Waals surface area contributed by atoms with E-state index in [2.05, 4.69) is 13.8 Å². The van der Waals surface area contributed by atoms with Gasteiger partial charge in [-0.3, -0.25) is 4.79 Å². The molecule has 0 aromatic heterocycles. The number of carbonyl (C=O) groups is 2. The predicted octanol–water partition coefficient (Wildman–Crippen LogP) is 6.52. The molecule has 0 aliphatic heterocycles. The van der Waals surface area contributed by atoms with Gasteiger partial charge in [0.05, 0.1) is 6.61 Å². The van der Waals surface area contributed by atoms with Gasteiger partial charge in [0.2, 0.25) is 4.38 Å². The van der Waals surface area contributed by atoms with E-state index in [0.29, 0.717) is 29.8 Å². The number of hydrogen-bond acceptors (Lipinski definition) is 7. The first kappa shape index (κ1) is 24.3. The second-order valence-corrected chi connectivity index (χ2v) is 12.5. The molecule has 0 aromatic rings. The van der Waals surface area contributed by atoms with Gasteiger partial charge in [-0.15, -0.1) is 0 Å². The Bertz CT molecular complexity index is 757. The third-order valence-corrected chi connectivity index (χ3v) is 10.4. The third-order valence-electron chi connectivity index (χ3n) is 9.53. The van der Waals surface area contributed by atoms with E-state index >= 15 is 0 Å². The summed E-state index contributed by atoms with van der Waals surface area (Å²) in [6.45, 7) is 8.72. The molecule has 4 rings (SSSR count). The predicted molar refractivity (Wildman–Crippen MR) is 129 cm³/mol. The van der Waals surface area contributed by atoms with Crippen LogP contribution in [0.25, 0.3) is 0 Å². The van der Waals surface area contributed by atoms with Crippen molar-refractivity contribution in [1.82, 2.24) is 0 Å². The van der Waals surface area contributed by atoms with Gasteiger partial charge in [0.25, 0.3) is 0 Å². The van der Waals surface area contributed by atoms with Crippen LogP contribution >= 0.6 is 24.0 Å². The number of ether oxygens (including phenoxy) is 3. The minimum absolute atomic E-state index is 0.0249. The summed E-state index contributed by atoms with van der Waals surface area (Å²) in [4.78, 5) is 23.9. The highest BCUT2D eigenvalue weighted by atomic mass is 32.2. The molecule has 4 fully saturated rings. The second kappa shape index (κ2) is 9.44. The summed E-state index contributed by atoms with van der Waals surface area (Å²) in [5, 5.41) is -0.322. The maximum absolute atomic E-state index is 12.5. The zero-order chi connectivity index (χ0) is 23.1. The van der Waals surface area contributed by atoms with Gasteiger partial charge in [-0.1, -0.05) is 13.8 Å². The van der Waals surface area contributed by atoms with Gasteiger partial charge < -0.3 is 14.2 Å². The number of carbonyl (C=O) groups excluding carboxylic acids is 2. The van der Waals surface area contributed by atoms with Crippen molar-refractivity contribution in [2.75, 3.05) is 6.61 Å². The molecule has 4 aliphatic carbocycles. The van der Waals surface area contributed by atoms with Crippen LogP contribution in [0.3, 0.4) is 0 Å². The highest BCUT2D eigenvalue weighted by molar-refractivity contribution is 8.32. The lowest BCUT2D eigenvalue weighted by molar-refractivity contribution is -0.161. The molecule has 0 radical (unpaired) electrons. The molecule has 0 spiro atoms. The highest BCUT2D eigenvalue weighted by Gasteiger charge is 2.61. The van der Waals surface area contributed by atoms with Crippen LogP contribution in [0.2, 0.25) is 0 Å². The lowest BCUT2D eigenvalue weighted by Gasteiger charge is -2.60. The van der Waals surface area contributed by atoms with Gasteiger partial charge in [-0.2, -0.15) is 0 Å². The first-order valence-corrected chi connectivity index (χ1v) is 13.6. The van der Waals surface area contributed by atoms with Crippen molar-refractivity contribution < 1.29 is 23.8 Å². The molecule has 0 amide bonds. The molecule has 8 atom stereocenters. The molecule has 0 unspecified atom stereocenters. The molecule has 4 saturated carbocycles. The summed E-state index contributed by atoms with van der Waals surface area (Å²) >= 11 is 6.00. The molecule has 5 nitrogen and oxygen atoms in total. The van der Waals surface area contributed by atoms with E-state index in [1.54, 1.807) is 0 Å². The Morgan fingerprint density at radius 1 is 0.969 bits per heavy atom. The largest absolute Gasteiger partial charge is 0.478 e. The van der Waals surface area contributed by atoms with Crippen LogP contribution in [-0.2, 0) is 19.0 Å². The summed E-state index contributed by atoms with van der Waals surface area (Å²) in [7, 11) is 0. The van der Waals surface area contributed by atoms with Crippen LogP contribution in [0.1, 0.15) is 85.5 Å². The summed E-state index contributed by atoms with van der Waals surface area (Å²) < 4.78 is 17.0. The Balaban J connectivity index is 1.42. The molecule has 4 aliphatic rings. The fourth-order valence-electron chi connectivity index (χ4n) is 8.06. The van der Waals surface area contributed by atoms with Crippen molar-refractivity contribution in [2.45, 2.75) is 97.7 Å². The maximum Gasteiger partial charge on any atom is 0.376 e. The van der Waals surface area contributed by atoms with E-state index in [-0.39, 0.29) is 33.3 Å². The summed E-state index contributed by atoms with van der Waals surface area (Å²) in [6.07, 6.45) is 10.2. The van der Waals surface area contributed by atoms with Crippen molar-refractivity contribution >= 4 is 39.6 Å². The Labute approximate surface area is 202 Å². The topological polar surface area (TPSA) is 61.8 Å². The maximum atomic E-state index is 12.5. The standard InChI is InChI=1S/C25H38O5S2/c1-5-28-23(31)32-22(27)30-21-9-8-19-18-7-6-16-14-17(29-15(2)26)10-12-24(16,3)20(18)11-13-25(19,21)4/h16-21H,5-14H2,1-4H3/t16-,17-,18-,19-,20-,21-,24-,25-/m0/s1. The Morgan fingerprint density at radius 2 is 1.69 bits per heavy atom. The van der Waals surface area contributed by atoms with Crippen molar-refractivity contribution in [3.63, 3.8) is 0 Å². The summed E-state index contributed by atoms with van der Waals surface area (Å²) in [6, 6.07) is 0. The second-order valence-electron chi connectivity index (χ2n) is 10.9. The van der Waals surface area contributed by atoms with Crippen LogP contribution < -0.4 is 0 Å². The van der Waals surface area contributed by atoms with E-state index in [9.17, 15) is 9.59 Å². The van der Waals surface area contributed by atoms with Crippen LogP contribution in [0.5, 0.6) is 0 Å². The number of rotatable bonds is 3. The van der Waals surface area contributed by atoms with Crippen molar-refractivity contribution in [3.8, 4) is 0 Å². The third kappa shape index (κ3) is 4.45. The molecule has 0 saturated heterocycles. The number of fused-ring (bicyclic) bond motifs is 5. The zero-order valence-corrected chi connectivity index (χ0v) is 21.5. The Morgan fingerprint density at radius 3 is 2.41 bits per heavy atom. The van der Waals surface area contributed by atoms with Gasteiger partial charge in [-0.25, -0.2) is 4.79 Å². The van der Waals surface area contributed by atoms with Gasteiger partial charge in [-0.05, 0) is 106 Å². The SMILES string of the molecule is CCOC(=S)SC(=O)O[C@H]1CC[C@H]2[C@@H]3CC[C@H]4C[C@@H](OC(C)=O)CC[C@]4(C)[C@H]3CC[C@]12C. The zero-order valence-electron chi connectivity index (χ0n) is 19.9. The molecular formula is C25H38O5S2. The number of thiocarbonyl (C=S) groups is 1.